The standard InChI is InChI=1S/C16H29N5O2/c1-17-16(19-10-15-11-20-21(2)12-15)18-6-3-7-23-13-14-4-8-22-9-5-14/h11-12,14H,3-10,13H2,1-2H3,(H2,17,18,19). The van der Waals surface area contributed by atoms with Crippen molar-refractivity contribution in [3.05, 3.63) is 18.0 Å². The highest BCUT2D eigenvalue weighted by Gasteiger charge is 2.13. The van der Waals surface area contributed by atoms with Crippen molar-refractivity contribution in [1.82, 2.24) is 20.4 Å². The Kier molecular flexibility index (Phi) is 7.89. The quantitative estimate of drug-likeness (QED) is 0.423. The normalized spacial score (nSPS) is 16.5. The summed E-state index contributed by atoms with van der Waals surface area (Å²) in [4.78, 5) is 4.21. The van der Waals surface area contributed by atoms with E-state index < -0.39 is 0 Å². The Balaban J connectivity index is 1.50. The zero-order chi connectivity index (χ0) is 16.3. The van der Waals surface area contributed by atoms with Crippen LogP contribution in [0.25, 0.3) is 0 Å². The highest BCUT2D eigenvalue weighted by Crippen LogP contribution is 2.14. The average Bonchev–Trinajstić information content (AvgIpc) is 3.00. The summed E-state index contributed by atoms with van der Waals surface area (Å²) < 4.78 is 12.9. The summed E-state index contributed by atoms with van der Waals surface area (Å²) in [7, 11) is 3.69. The molecule has 1 fully saturated rings. The molecule has 0 aliphatic carbocycles. The van der Waals surface area contributed by atoms with E-state index >= 15 is 0 Å². The molecule has 2 heterocycles. The summed E-state index contributed by atoms with van der Waals surface area (Å²) >= 11 is 0. The highest BCUT2D eigenvalue weighted by molar-refractivity contribution is 5.79. The number of aliphatic imine (C=N–C) groups is 1. The molecule has 0 bridgehead atoms. The molecule has 0 atom stereocenters. The van der Waals surface area contributed by atoms with Crippen LogP contribution in [0.15, 0.2) is 17.4 Å². The highest BCUT2D eigenvalue weighted by atomic mass is 16.5. The number of aryl methyl sites for hydroxylation is 1. The predicted molar refractivity (Wildman–Crippen MR) is 90.4 cm³/mol. The largest absolute Gasteiger partial charge is 0.381 e. The third-order valence-corrected chi connectivity index (χ3v) is 3.89. The molecule has 0 amide bonds. The lowest BCUT2D eigenvalue weighted by molar-refractivity contribution is 0.0203. The smallest absolute Gasteiger partial charge is 0.191 e. The fraction of sp³-hybridized carbons (Fsp3) is 0.750. The molecule has 0 radical (unpaired) electrons. The predicted octanol–water partition coefficient (Wildman–Crippen LogP) is 0.918. The number of hydrogen-bond donors (Lipinski definition) is 2. The van der Waals surface area contributed by atoms with Crippen LogP contribution in [-0.2, 0) is 23.1 Å². The summed E-state index contributed by atoms with van der Waals surface area (Å²) in [6.45, 7) is 4.97. The first-order chi connectivity index (χ1) is 11.3. The average molecular weight is 323 g/mol. The van der Waals surface area contributed by atoms with Crippen LogP contribution in [0.5, 0.6) is 0 Å². The number of rotatable bonds is 8. The maximum atomic E-state index is 5.75. The second-order valence-corrected chi connectivity index (χ2v) is 5.86. The summed E-state index contributed by atoms with van der Waals surface area (Å²) in [5.41, 5.74) is 1.13. The molecule has 7 heteroatoms. The molecule has 1 saturated heterocycles. The van der Waals surface area contributed by atoms with Crippen LogP contribution < -0.4 is 10.6 Å². The molecular weight excluding hydrogens is 294 g/mol. The van der Waals surface area contributed by atoms with Gasteiger partial charge in [0.1, 0.15) is 0 Å². The summed E-state index contributed by atoms with van der Waals surface area (Å²) in [5, 5.41) is 10.7. The van der Waals surface area contributed by atoms with Crippen molar-refractivity contribution < 1.29 is 9.47 Å². The fourth-order valence-corrected chi connectivity index (χ4v) is 2.51. The van der Waals surface area contributed by atoms with E-state index in [4.69, 9.17) is 9.47 Å². The van der Waals surface area contributed by atoms with E-state index in [0.717, 1.165) is 63.8 Å². The van der Waals surface area contributed by atoms with Gasteiger partial charge in [0.05, 0.1) is 6.20 Å². The van der Waals surface area contributed by atoms with Crippen LogP contribution in [-0.4, -0.2) is 55.8 Å². The van der Waals surface area contributed by atoms with Crippen LogP contribution >= 0.6 is 0 Å². The van der Waals surface area contributed by atoms with E-state index in [2.05, 4.69) is 20.7 Å². The molecule has 130 valence electrons. The minimum atomic E-state index is 0.672. The van der Waals surface area contributed by atoms with Gasteiger partial charge in [0.2, 0.25) is 0 Å². The molecule has 1 aromatic rings. The van der Waals surface area contributed by atoms with Crippen molar-refractivity contribution in [3.8, 4) is 0 Å². The van der Waals surface area contributed by atoms with Crippen LogP contribution in [0.1, 0.15) is 24.8 Å². The van der Waals surface area contributed by atoms with Gasteiger partial charge in [-0.3, -0.25) is 9.67 Å². The fourth-order valence-electron chi connectivity index (χ4n) is 2.51. The molecular formula is C16H29N5O2. The molecule has 0 unspecified atom stereocenters. The number of aromatic nitrogens is 2. The van der Waals surface area contributed by atoms with Gasteiger partial charge in [0.25, 0.3) is 0 Å². The van der Waals surface area contributed by atoms with Gasteiger partial charge >= 0.3 is 0 Å². The van der Waals surface area contributed by atoms with Crippen molar-refractivity contribution in [2.75, 3.05) is 40.0 Å². The third kappa shape index (κ3) is 7.00. The van der Waals surface area contributed by atoms with Gasteiger partial charge in [-0.1, -0.05) is 0 Å². The first-order valence-electron chi connectivity index (χ1n) is 8.35. The lowest BCUT2D eigenvalue weighted by Gasteiger charge is -2.21. The molecule has 1 aliphatic heterocycles. The second-order valence-electron chi connectivity index (χ2n) is 5.86. The van der Waals surface area contributed by atoms with Gasteiger partial charge < -0.3 is 20.1 Å². The lowest BCUT2D eigenvalue weighted by Crippen LogP contribution is -2.37. The maximum absolute atomic E-state index is 5.75. The Morgan fingerprint density at radius 2 is 2.26 bits per heavy atom. The molecule has 1 aromatic heterocycles. The molecule has 0 saturated carbocycles. The van der Waals surface area contributed by atoms with Crippen molar-refractivity contribution >= 4 is 5.96 Å². The SMILES string of the molecule is CN=C(NCCCOCC1CCOCC1)NCc1cnn(C)c1. The molecule has 23 heavy (non-hydrogen) atoms. The zero-order valence-electron chi connectivity index (χ0n) is 14.3. The summed E-state index contributed by atoms with van der Waals surface area (Å²) in [6, 6.07) is 0. The van der Waals surface area contributed by atoms with Gasteiger partial charge in [-0.05, 0) is 25.2 Å². The van der Waals surface area contributed by atoms with Crippen molar-refractivity contribution in [2.45, 2.75) is 25.8 Å². The monoisotopic (exact) mass is 323 g/mol. The molecule has 0 aromatic carbocycles. The molecule has 2 rings (SSSR count). The van der Waals surface area contributed by atoms with Crippen LogP contribution in [0.4, 0.5) is 0 Å². The Labute approximate surface area is 138 Å². The van der Waals surface area contributed by atoms with E-state index in [1.54, 1.807) is 11.7 Å². The number of nitrogens with zero attached hydrogens (tertiary/aromatic N) is 3. The zero-order valence-corrected chi connectivity index (χ0v) is 14.3. The van der Waals surface area contributed by atoms with E-state index in [9.17, 15) is 0 Å². The number of ether oxygens (including phenoxy) is 2. The minimum Gasteiger partial charge on any atom is -0.381 e. The molecule has 7 nitrogen and oxygen atoms in total. The number of nitrogens with one attached hydrogen (secondary N) is 2. The van der Waals surface area contributed by atoms with E-state index in [0.29, 0.717) is 12.5 Å². The van der Waals surface area contributed by atoms with Gasteiger partial charge in [-0.25, -0.2) is 0 Å². The maximum Gasteiger partial charge on any atom is 0.191 e. The summed E-state index contributed by atoms with van der Waals surface area (Å²) in [6.07, 6.45) is 7.07. The van der Waals surface area contributed by atoms with Crippen molar-refractivity contribution in [3.63, 3.8) is 0 Å². The van der Waals surface area contributed by atoms with Crippen molar-refractivity contribution in [2.24, 2.45) is 18.0 Å². The van der Waals surface area contributed by atoms with Crippen LogP contribution in [0.2, 0.25) is 0 Å². The Morgan fingerprint density at radius 3 is 2.96 bits per heavy atom. The van der Waals surface area contributed by atoms with Gasteiger partial charge in [-0.2, -0.15) is 5.10 Å². The molecule has 1 aliphatic rings. The summed E-state index contributed by atoms with van der Waals surface area (Å²) in [5.74, 6) is 1.48. The molecule has 0 spiro atoms. The van der Waals surface area contributed by atoms with Crippen LogP contribution in [0.3, 0.4) is 0 Å². The third-order valence-electron chi connectivity index (χ3n) is 3.89. The minimum absolute atomic E-state index is 0.672. The number of guanidine groups is 1. The van der Waals surface area contributed by atoms with Gasteiger partial charge in [0, 0.05) is 65.4 Å². The Hall–Kier alpha value is -1.60. The van der Waals surface area contributed by atoms with Gasteiger partial charge in [-0.15, -0.1) is 0 Å². The van der Waals surface area contributed by atoms with E-state index in [1.165, 1.54) is 0 Å². The van der Waals surface area contributed by atoms with Crippen molar-refractivity contribution in [1.29, 1.82) is 0 Å². The first-order valence-corrected chi connectivity index (χ1v) is 8.35. The van der Waals surface area contributed by atoms with Gasteiger partial charge in [0.15, 0.2) is 5.96 Å². The van der Waals surface area contributed by atoms with E-state index in [-0.39, 0.29) is 0 Å². The first kappa shape index (κ1) is 17.7. The Bertz CT molecular complexity index is 469. The number of hydrogen-bond acceptors (Lipinski definition) is 4. The van der Waals surface area contributed by atoms with E-state index in [1.807, 2.05) is 19.4 Å². The topological polar surface area (TPSA) is 72.7 Å². The van der Waals surface area contributed by atoms with Crippen LogP contribution in [0, 0.1) is 5.92 Å². The Morgan fingerprint density at radius 1 is 1.43 bits per heavy atom. The lowest BCUT2D eigenvalue weighted by atomic mass is 10.0. The molecule has 2 N–H and O–H groups in total. The second kappa shape index (κ2) is 10.2.